The fourth-order valence-electron chi connectivity index (χ4n) is 1.25. The Balaban J connectivity index is 2.37. The molecule has 1 aliphatic rings. The number of aldehydes is 1. The first-order valence-electron chi connectivity index (χ1n) is 3.35. The van der Waals surface area contributed by atoms with Crippen molar-refractivity contribution in [1.29, 1.82) is 0 Å². The second-order valence-corrected chi connectivity index (χ2v) is 3.57. The molecule has 0 atom stereocenters. The number of carbonyl (C=O) groups is 1. The smallest absolute Gasteiger partial charge is 0.126 e. The summed E-state index contributed by atoms with van der Waals surface area (Å²) in [6, 6.07) is 0. The summed E-state index contributed by atoms with van der Waals surface area (Å²) in [5.41, 5.74) is 0.0868. The number of rotatable bonds is 3. The van der Waals surface area contributed by atoms with Crippen LogP contribution in [0.15, 0.2) is 0 Å². The molecular weight excluding hydrogens is 180 g/mol. The molecular formula is C7H11BrO. The quantitative estimate of drug-likeness (QED) is 0.493. The van der Waals surface area contributed by atoms with Crippen LogP contribution in [0, 0.1) is 5.41 Å². The molecule has 1 rings (SSSR count). The molecule has 0 radical (unpaired) electrons. The van der Waals surface area contributed by atoms with E-state index in [2.05, 4.69) is 15.9 Å². The maximum atomic E-state index is 10.5. The van der Waals surface area contributed by atoms with Gasteiger partial charge < -0.3 is 4.79 Å². The van der Waals surface area contributed by atoms with Gasteiger partial charge >= 0.3 is 0 Å². The molecule has 1 fully saturated rings. The van der Waals surface area contributed by atoms with Gasteiger partial charge in [-0.3, -0.25) is 0 Å². The zero-order valence-corrected chi connectivity index (χ0v) is 6.99. The molecule has 0 amide bonds. The molecule has 0 saturated heterocycles. The first-order chi connectivity index (χ1) is 4.33. The standard InChI is InChI=1S/C7H11BrO/c8-5-4-7(6-9)2-1-3-7/h6H,1-5H2. The van der Waals surface area contributed by atoms with Gasteiger partial charge in [0.15, 0.2) is 0 Å². The van der Waals surface area contributed by atoms with Gasteiger partial charge in [-0.15, -0.1) is 0 Å². The van der Waals surface area contributed by atoms with E-state index in [1.165, 1.54) is 6.42 Å². The van der Waals surface area contributed by atoms with Crippen LogP contribution in [0.4, 0.5) is 0 Å². The Labute approximate surface area is 64.0 Å². The summed E-state index contributed by atoms with van der Waals surface area (Å²) in [4.78, 5) is 10.5. The largest absolute Gasteiger partial charge is 0.303 e. The predicted molar refractivity (Wildman–Crippen MR) is 40.8 cm³/mol. The molecule has 0 N–H and O–H groups in total. The van der Waals surface area contributed by atoms with Gasteiger partial charge in [-0.25, -0.2) is 0 Å². The first-order valence-corrected chi connectivity index (χ1v) is 4.47. The Bertz CT molecular complexity index is 107. The lowest BCUT2D eigenvalue weighted by Crippen LogP contribution is -2.31. The lowest BCUT2D eigenvalue weighted by atomic mass is 9.68. The fourth-order valence-corrected chi connectivity index (χ4v) is 2.04. The fraction of sp³-hybridized carbons (Fsp3) is 0.857. The highest BCUT2D eigenvalue weighted by atomic mass is 79.9. The topological polar surface area (TPSA) is 17.1 Å². The lowest BCUT2D eigenvalue weighted by molar-refractivity contribution is -0.120. The van der Waals surface area contributed by atoms with Gasteiger partial charge in [-0.2, -0.15) is 0 Å². The van der Waals surface area contributed by atoms with E-state index in [1.54, 1.807) is 0 Å². The van der Waals surface area contributed by atoms with Crippen molar-refractivity contribution in [2.75, 3.05) is 5.33 Å². The zero-order chi connectivity index (χ0) is 6.74. The summed E-state index contributed by atoms with van der Waals surface area (Å²) in [6.45, 7) is 0. The van der Waals surface area contributed by atoms with Crippen molar-refractivity contribution in [3.8, 4) is 0 Å². The van der Waals surface area contributed by atoms with E-state index >= 15 is 0 Å². The number of hydrogen-bond donors (Lipinski definition) is 0. The molecule has 1 nitrogen and oxygen atoms in total. The van der Waals surface area contributed by atoms with Crippen LogP contribution >= 0.6 is 15.9 Å². The van der Waals surface area contributed by atoms with Crippen molar-refractivity contribution in [3.63, 3.8) is 0 Å². The molecule has 1 aliphatic carbocycles. The average Bonchev–Trinajstić information content (AvgIpc) is 1.79. The van der Waals surface area contributed by atoms with E-state index in [-0.39, 0.29) is 5.41 Å². The highest BCUT2D eigenvalue weighted by Crippen LogP contribution is 2.42. The SMILES string of the molecule is O=CC1(CCBr)CCC1. The highest BCUT2D eigenvalue weighted by molar-refractivity contribution is 9.09. The summed E-state index contributed by atoms with van der Waals surface area (Å²) < 4.78 is 0. The van der Waals surface area contributed by atoms with Crippen LogP contribution in [0.5, 0.6) is 0 Å². The molecule has 0 aromatic heterocycles. The third-order valence-corrected chi connectivity index (χ3v) is 2.59. The van der Waals surface area contributed by atoms with Crippen LogP contribution in [0.1, 0.15) is 25.7 Å². The number of carbonyl (C=O) groups excluding carboxylic acids is 1. The van der Waals surface area contributed by atoms with E-state index in [4.69, 9.17) is 0 Å². The summed E-state index contributed by atoms with van der Waals surface area (Å²) in [5.74, 6) is 0. The van der Waals surface area contributed by atoms with Gasteiger partial charge in [0, 0.05) is 10.7 Å². The van der Waals surface area contributed by atoms with E-state index in [1.807, 2.05) is 0 Å². The minimum Gasteiger partial charge on any atom is -0.303 e. The molecule has 1 saturated carbocycles. The summed E-state index contributed by atoms with van der Waals surface area (Å²) in [5, 5.41) is 0.964. The van der Waals surface area contributed by atoms with E-state index in [9.17, 15) is 4.79 Å². The Morgan fingerprint density at radius 3 is 2.33 bits per heavy atom. The summed E-state index contributed by atoms with van der Waals surface area (Å²) in [6.07, 6.45) is 5.63. The Morgan fingerprint density at radius 2 is 2.22 bits per heavy atom. The minimum atomic E-state index is 0.0868. The zero-order valence-electron chi connectivity index (χ0n) is 5.40. The van der Waals surface area contributed by atoms with Crippen molar-refractivity contribution < 1.29 is 4.79 Å². The van der Waals surface area contributed by atoms with Crippen LogP contribution in [0.25, 0.3) is 0 Å². The van der Waals surface area contributed by atoms with Crippen molar-refractivity contribution >= 4 is 22.2 Å². The molecule has 52 valence electrons. The molecule has 0 aromatic rings. The van der Waals surface area contributed by atoms with Crippen LogP contribution in [-0.4, -0.2) is 11.6 Å². The van der Waals surface area contributed by atoms with Crippen LogP contribution < -0.4 is 0 Å². The van der Waals surface area contributed by atoms with Crippen LogP contribution in [-0.2, 0) is 4.79 Å². The highest BCUT2D eigenvalue weighted by Gasteiger charge is 2.35. The Kier molecular flexibility index (Phi) is 2.28. The van der Waals surface area contributed by atoms with E-state index in [0.717, 1.165) is 30.9 Å². The van der Waals surface area contributed by atoms with E-state index < -0.39 is 0 Å². The Hall–Kier alpha value is 0.150. The predicted octanol–water partition coefficient (Wildman–Crippen LogP) is 2.14. The Morgan fingerprint density at radius 1 is 1.56 bits per heavy atom. The van der Waals surface area contributed by atoms with Gasteiger partial charge in [0.2, 0.25) is 0 Å². The van der Waals surface area contributed by atoms with Gasteiger partial charge in [-0.05, 0) is 19.3 Å². The lowest BCUT2D eigenvalue weighted by Gasteiger charge is -2.35. The molecule has 9 heavy (non-hydrogen) atoms. The van der Waals surface area contributed by atoms with Crippen molar-refractivity contribution in [3.05, 3.63) is 0 Å². The normalized spacial score (nSPS) is 22.8. The molecule has 0 aliphatic heterocycles. The van der Waals surface area contributed by atoms with Crippen molar-refractivity contribution in [1.82, 2.24) is 0 Å². The molecule has 2 heteroatoms. The van der Waals surface area contributed by atoms with Gasteiger partial charge in [-0.1, -0.05) is 22.4 Å². The molecule has 0 heterocycles. The number of alkyl halides is 1. The van der Waals surface area contributed by atoms with Gasteiger partial charge in [0.05, 0.1) is 0 Å². The number of halogens is 1. The summed E-state index contributed by atoms with van der Waals surface area (Å²) in [7, 11) is 0. The van der Waals surface area contributed by atoms with Gasteiger partial charge in [0.1, 0.15) is 6.29 Å². The third kappa shape index (κ3) is 1.34. The second-order valence-electron chi connectivity index (χ2n) is 2.77. The maximum absolute atomic E-state index is 10.5. The monoisotopic (exact) mass is 190 g/mol. The molecule has 0 aromatic carbocycles. The second kappa shape index (κ2) is 2.82. The first kappa shape index (κ1) is 7.26. The average molecular weight is 191 g/mol. The molecule has 0 unspecified atom stereocenters. The summed E-state index contributed by atoms with van der Waals surface area (Å²) >= 11 is 3.34. The minimum absolute atomic E-state index is 0.0868. The van der Waals surface area contributed by atoms with Crippen molar-refractivity contribution in [2.45, 2.75) is 25.7 Å². The maximum Gasteiger partial charge on any atom is 0.126 e. The van der Waals surface area contributed by atoms with E-state index in [0.29, 0.717) is 0 Å². The van der Waals surface area contributed by atoms with Crippen molar-refractivity contribution in [2.24, 2.45) is 5.41 Å². The molecule has 0 bridgehead atoms. The number of hydrogen-bond acceptors (Lipinski definition) is 1. The van der Waals surface area contributed by atoms with Gasteiger partial charge in [0.25, 0.3) is 0 Å². The van der Waals surface area contributed by atoms with Crippen LogP contribution in [0.3, 0.4) is 0 Å². The molecule has 0 spiro atoms. The van der Waals surface area contributed by atoms with Crippen LogP contribution in [0.2, 0.25) is 0 Å². The third-order valence-electron chi connectivity index (χ3n) is 2.19.